The first-order chi connectivity index (χ1) is 10.8. The van der Waals surface area contributed by atoms with Gasteiger partial charge in [0.05, 0.1) is 12.2 Å². The van der Waals surface area contributed by atoms with Crippen LogP contribution in [-0.2, 0) is 29.4 Å². The van der Waals surface area contributed by atoms with E-state index in [4.69, 9.17) is 4.74 Å². The van der Waals surface area contributed by atoms with Crippen LogP contribution in [0.4, 0.5) is 0 Å². The zero-order chi connectivity index (χ0) is 16.7. The average Bonchev–Trinajstić information content (AvgIpc) is 3.06. The molecule has 124 valence electrons. The van der Waals surface area contributed by atoms with Crippen LogP contribution in [0.2, 0.25) is 0 Å². The number of thiazole rings is 1. The Kier molecular flexibility index (Phi) is 4.20. The summed E-state index contributed by atoms with van der Waals surface area (Å²) >= 11 is 1.47. The first-order valence-electron chi connectivity index (χ1n) is 7.54. The van der Waals surface area contributed by atoms with Crippen molar-refractivity contribution in [2.45, 2.75) is 50.7 Å². The van der Waals surface area contributed by atoms with Gasteiger partial charge in [-0.2, -0.15) is 0 Å². The molecule has 1 aliphatic rings. The summed E-state index contributed by atoms with van der Waals surface area (Å²) in [4.78, 5) is 4.58. The molecule has 0 spiro atoms. The van der Waals surface area contributed by atoms with Gasteiger partial charge in [0, 0.05) is 11.8 Å². The van der Waals surface area contributed by atoms with Crippen molar-refractivity contribution in [3.63, 3.8) is 0 Å². The van der Waals surface area contributed by atoms with Gasteiger partial charge in [-0.05, 0) is 31.9 Å². The minimum Gasteiger partial charge on any atom is -0.486 e. The molecule has 1 aromatic heterocycles. The van der Waals surface area contributed by atoms with Gasteiger partial charge in [0.1, 0.15) is 21.3 Å². The van der Waals surface area contributed by atoms with E-state index in [1.54, 1.807) is 12.1 Å². The number of nitrogens with zero attached hydrogens (tertiary/aromatic N) is 1. The van der Waals surface area contributed by atoms with Crippen molar-refractivity contribution >= 4 is 21.4 Å². The highest BCUT2D eigenvalue weighted by Crippen LogP contribution is 2.39. The molecule has 1 aliphatic heterocycles. The molecule has 0 amide bonds. The lowest BCUT2D eigenvalue weighted by atomic mass is 10.0. The highest BCUT2D eigenvalue weighted by molar-refractivity contribution is 7.89. The maximum atomic E-state index is 12.6. The topological polar surface area (TPSA) is 68.3 Å². The quantitative estimate of drug-likeness (QED) is 0.898. The average molecular weight is 352 g/mol. The van der Waals surface area contributed by atoms with Crippen molar-refractivity contribution in [3.05, 3.63) is 39.8 Å². The fourth-order valence-electron chi connectivity index (χ4n) is 2.63. The molecule has 0 saturated carbocycles. The third-order valence-electron chi connectivity index (χ3n) is 3.72. The maximum absolute atomic E-state index is 12.6. The first kappa shape index (κ1) is 16.4. The number of ether oxygens (including phenoxy) is 1. The van der Waals surface area contributed by atoms with E-state index < -0.39 is 10.0 Å². The Morgan fingerprint density at radius 1 is 1.39 bits per heavy atom. The van der Waals surface area contributed by atoms with Crippen molar-refractivity contribution in [2.75, 3.05) is 0 Å². The second kappa shape index (κ2) is 5.89. The molecule has 0 radical (unpaired) electrons. The third kappa shape index (κ3) is 3.41. The fraction of sp³-hybridized carbons (Fsp3) is 0.438. The molecular formula is C16H20N2O3S2. The highest BCUT2D eigenvalue weighted by Gasteiger charge is 2.34. The summed E-state index contributed by atoms with van der Waals surface area (Å²) in [6.07, 6.45) is 1.55. The van der Waals surface area contributed by atoms with Gasteiger partial charge in [0.2, 0.25) is 10.0 Å². The van der Waals surface area contributed by atoms with Crippen LogP contribution in [-0.4, -0.2) is 19.0 Å². The molecule has 0 unspecified atom stereocenters. The number of sulfonamides is 1. The van der Waals surface area contributed by atoms with Crippen molar-refractivity contribution in [1.82, 2.24) is 9.71 Å². The molecule has 0 atom stereocenters. The molecule has 2 aromatic rings. The van der Waals surface area contributed by atoms with Gasteiger partial charge in [-0.1, -0.05) is 19.1 Å². The Bertz CT molecular complexity index is 826. The van der Waals surface area contributed by atoms with Gasteiger partial charge in [-0.25, -0.2) is 18.1 Å². The molecule has 5 nitrogen and oxygen atoms in total. The van der Waals surface area contributed by atoms with Crippen LogP contribution < -0.4 is 9.46 Å². The third-order valence-corrected chi connectivity index (χ3v) is 6.04. The smallest absolute Gasteiger partial charge is 0.244 e. The molecule has 0 saturated heterocycles. The fourth-order valence-corrected chi connectivity index (χ4v) is 4.69. The molecule has 2 heterocycles. The van der Waals surface area contributed by atoms with Gasteiger partial charge >= 0.3 is 0 Å². The molecule has 1 N–H and O–H groups in total. The maximum Gasteiger partial charge on any atom is 0.244 e. The molecule has 1 aromatic carbocycles. The van der Waals surface area contributed by atoms with Crippen LogP contribution in [0.25, 0.3) is 0 Å². The Balaban J connectivity index is 1.83. The van der Waals surface area contributed by atoms with Gasteiger partial charge < -0.3 is 4.74 Å². The monoisotopic (exact) mass is 352 g/mol. The van der Waals surface area contributed by atoms with Crippen molar-refractivity contribution in [2.24, 2.45) is 0 Å². The van der Waals surface area contributed by atoms with Crippen LogP contribution in [0, 0.1) is 0 Å². The van der Waals surface area contributed by atoms with Crippen molar-refractivity contribution < 1.29 is 13.2 Å². The highest BCUT2D eigenvalue weighted by atomic mass is 32.2. The summed E-state index contributed by atoms with van der Waals surface area (Å²) in [6.45, 7) is 6.13. The number of hydrogen-bond acceptors (Lipinski definition) is 5. The van der Waals surface area contributed by atoms with E-state index in [0.717, 1.165) is 22.7 Å². The molecule has 23 heavy (non-hydrogen) atoms. The predicted octanol–water partition coefficient (Wildman–Crippen LogP) is 2.90. The summed E-state index contributed by atoms with van der Waals surface area (Å²) in [6, 6.07) is 5.26. The molecule has 7 heteroatoms. The molecule has 3 rings (SSSR count). The molecule has 0 fully saturated rings. The van der Waals surface area contributed by atoms with E-state index in [-0.39, 0.29) is 17.0 Å². The van der Waals surface area contributed by atoms with E-state index >= 15 is 0 Å². The number of hydrogen-bond donors (Lipinski definition) is 1. The van der Waals surface area contributed by atoms with Crippen molar-refractivity contribution in [3.8, 4) is 5.75 Å². The minimum absolute atomic E-state index is 0.195. The zero-order valence-corrected chi connectivity index (χ0v) is 15.1. The number of aryl methyl sites for hydroxylation is 1. The number of para-hydroxylation sites is 1. The number of fused-ring (bicyclic) bond motifs is 1. The summed E-state index contributed by atoms with van der Waals surface area (Å²) in [5.41, 5.74) is 1.54. The van der Waals surface area contributed by atoms with E-state index in [0.29, 0.717) is 12.2 Å². The van der Waals surface area contributed by atoms with Crippen LogP contribution >= 0.6 is 11.3 Å². The predicted molar refractivity (Wildman–Crippen MR) is 90.4 cm³/mol. The van der Waals surface area contributed by atoms with Gasteiger partial charge in [-0.3, -0.25) is 0 Å². The Hall–Kier alpha value is -1.44. The zero-order valence-electron chi connectivity index (χ0n) is 13.4. The summed E-state index contributed by atoms with van der Waals surface area (Å²) in [7, 11) is -3.64. The van der Waals surface area contributed by atoms with E-state index in [1.807, 2.05) is 32.2 Å². The second-order valence-electron chi connectivity index (χ2n) is 6.19. The second-order valence-corrected chi connectivity index (χ2v) is 8.87. The van der Waals surface area contributed by atoms with Crippen LogP contribution in [0.15, 0.2) is 28.5 Å². The van der Waals surface area contributed by atoms with Gasteiger partial charge in [0.15, 0.2) is 0 Å². The lowest BCUT2D eigenvalue weighted by Gasteiger charge is -2.18. The Morgan fingerprint density at radius 2 is 2.17 bits per heavy atom. The van der Waals surface area contributed by atoms with Crippen LogP contribution in [0.5, 0.6) is 5.75 Å². The SMILES string of the molecule is CCc1csc(CNS(=O)(=O)c2cccc3c2OC(C)(C)C3)n1. The van der Waals surface area contributed by atoms with Crippen LogP contribution in [0.3, 0.4) is 0 Å². The van der Waals surface area contributed by atoms with Crippen molar-refractivity contribution in [1.29, 1.82) is 0 Å². The van der Waals surface area contributed by atoms with Crippen LogP contribution in [0.1, 0.15) is 37.0 Å². The summed E-state index contributed by atoms with van der Waals surface area (Å²) < 4.78 is 33.8. The standard InChI is InChI=1S/C16H20N2O3S2/c1-4-12-10-22-14(18-12)9-17-23(19,20)13-7-5-6-11-8-16(2,3)21-15(11)13/h5-7,10,17H,4,8-9H2,1-3H3. The van der Waals surface area contributed by atoms with Gasteiger partial charge in [0.25, 0.3) is 0 Å². The number of benzene rings is 1. The normalized spacial score (nSPS) is 16.1. The lowest BCUT2D eigenvalue weighted by molar-refractivity contribution is 0.135. The van der Waals surface area contributed by atoms with E-state index in [2.05, 4.69) is 9.71 Å². The summed E-state index contributed by atoms with van der Waals surface area (Å²) in [5, 5.41) is 2.72. The van der Waals surface area contributed by atoms with E-state index in [9.17, 15) is 8.42 Å². The lowest BCUT2D eigenvalue weighted by Crippen LogP contribution is -2.26. The first-order valence-corrected chi connectivity index (χ1v) is 9.91. The number of nitrogens with one attached hydrogen (secondary N) is 1. The Labute approximate surface area is 140 Å². The van der Waals surface area contributed by atoms with Gasteiger partial charge in [-0.15, -0.1) is 11.3 Å². The Morgan fingerprint density at radius 3 is 2.87 bits per heavy atom. The summed E-state index contributed by atoms with van der Waals surface area (Å²) in [5.74, 6) is 0.471. The minimum atomic E-state index is -3.64. The largest absolute Gasteiger partial charge is 0.486 e. The van der Waals surface area contributed by atoms with E-state index in [1.165, 1.54) is 11.3 Å². The molecule has 0 bridgehead atoms. The number of rotatable bonds is 5. The number of aromatic nitrogens is 1. The molecule has 0 aliphatic carbocycles. The molecular weight excluding hydrogens is 332 g/mol.